The van der Waals surface area contributed by atoms with Crippen molar-refractivity contribution in [1.82, 2.24) is 0 Å². The third kappa shape index (κ3) is 2.82. The molecule has 3 nitrogen and oxygen atoms in total. The molecule has 3 aromatic rings. The number of phenolic OH excluding ortho intramolecular Hbond substituents is 1. The van der Waals surface area contributed by atoms with Crippen molar-refractivity contribution in [3.8, 4) is 17.2 Å². The predicted octanol–water partition coefficient (Wildman–Crippen LogP) is 5.16. The van der Waals surface area contributed by atoms with Gasteiger partial charge in [-0.3, -0.25) is 0 Å². The Morgan fingerprint density at radius 1 is 0.920 bits per heavy atom. The smallest absolute Gasteiger partial charge is 0.132 e. The Morgan fingerprint density at radius 2 is 1.68 bits per heavy atom. The van der Waals surface area contributed by atoms with Crippen LogP contribution in [-0.2, 0) is 0 Å². The van der Waals surface area contributed by atoms with E-state index in [1.165, 1.54) is 0 Å². The van der Waals surface area contributed by atoms with Crippen molar-refractivity contribution in [3.05, 3.63) is 71.8 Å². The van der Waals surface area contributed by atoms with Gasteiger partial charge in [-0.15, -0.1) is 0 Å². The molecule has 0 fully saturated rings. The molecule has 0 spiro atoms. The third-order valence-corrected chi connectivity index (χ3v) is 4.48. The number of aromatic hydroxyl groups is 1. The van der Waals surface area contributed by atoms with Crippen LogP contribution in [0, 0.1) is 0 Å². The monoisotopic (exact) mass is 332 g/mol. The van der Waals surface area contributed by atoms with Gasteiger partial charge >= 0.3 is 0 Å². The van der Waals surface area contributed by atoms with E-state index < -0.39 is 5.60 Å². The van der Waals surface area contributed by atoms with Crippen LogP contribution in [0.4, 0.5) is 0 Å². The SMILES string of the molecule is COc1ccc2cc(C3=CC(C)(C)Oc4cc(O)ccc43)ccc2c1. The van der Waals surface area contributed by atoms with E-state index in [9.17, 15) is 5.11 Å². The number of hydrogen-bond acceptors (Lipinski definition) is 3. The second kappa shape index (κ2) is 5.55. The summed E-state index contributed by atoms with van der Waals surface area (Å²) in [5.74, 6) is 1.77. The number of fused-ring (bicyclic) bond motifs is 2. The van der Waals surface area contributed by atoms with E-state index in [1.807, 2.05) is 32.0 Å². The first-order valence-corrected chi connectivity index (χ1v) is 8.29. The zero-order valence-corrected chi connectivity index (χ0v) is 14.5. The van der Waals surface area contributed by atoms with E-state index in [4.69, 9.17) is 9.47 Å². The molecule has 0 saturated heterocycles. The third-order valence-electron chi connectivity index (χ3n) is 4.48. The van der Waals surface area contributed by atoms with Crippen LogP contribution < -0.4 is 9.47 Å². The first-order valence-electron chi connectivity index (χ1n) is 8.29. The molecule has 0 unspecified atom stereocenters. The molecule has 4 rings (SSSR count). The summed E-state index contributed by atoms with van der Waals surface area (Å²) in [6, 6.07) is 17.8. The van der Waals surface area contributed by atoms with E-state index >= 15 is 0 Å². The van der Waals surface area contributed by atoms with Crippen molar-refractivity contribution in [2.24, 2.45) is 0 Å². The highest BCUT2D eigenvalue weighted by Gasteiger charge is 2.27. The summed E-state index contributed by atoms with van der Waals surface area (Å²) < 4.78 is 11.3. The van der Waals surface area contributed by atoms with Gasteiger partial charge in [-0.05, 0) is 72.2 Å². The number of methoxy groups -OCH3 is 1. The summed E-state index contributed by atoms with van der Waals surface area (Å²) in [6.07, 6.45) is 2.14. The van der Waals surface area contributed by atoms with Crippen molar-refractivity contribution >= 4 is 16.3 Å². The van der Waals surface area contributed by atoms with E-state index in [0.717, 1.165) is 33.2 Å². The van der Waals surface area contributed by atoms with Gasteiger partial charge in [0.05, 0.1) is 7.11 Å². The second-order valence-corrected chi connectivity index (χ2v) is 6.87. The lowest BCUT2D eigenvalue weighted by Crippen LogP contribution is -2.29. The Bertz CT molecular complexity index is 999. The van der Waals surface area contributed by atoms with Crippen LogP contribution in [0.3, 0.4) is 0 Å². The Labute approximate surface area is 147 Å². The minimum atomic E-state index is -0.439. The van der Waals surface area contributed by atoms with E-state index in [1.54, 1.807) is 19.2 Å². The lowest BCUT2D eigenvalue weighted by atomic mass is 9.89. The lowest BCUT2D eigenvalue weighted by molar-refractivity contribution is 0.157. The molecule has 3 heteroatoms. The van der Waals surface area contributed by atoms with Crippen LogP contribution in [0.1, 0.15) is 25.0 Å². The Morgan fingerprint density at radius 3 is 2.48 bits per heavy atom. The zero-order chi connectivity index (χ0) is 17.6. The van der Waals surface area contributed by atoms with Gasteiger partial charge in [0.15, 0.2) is 0 Å². The summed E-state index contributed by atoms with van der Waals surface area (Å²) in [5, 5.41) is 12.1. The van der Waals surface area contributed by atoms with Crippen LogP contribution in [0.5, 0.6) is 17.2 Å². The average Bonchev–Trinajstić information content (AvgIpc) is 2.59. The Kier molecular flexibility index (Phi) is 3.46. The zero-order valence-electron chi connectivity index (χ0n) is 14.5. The number of benzene rings is 3. The van der Waals surface area contributed by atoms with Gasteiger partial charge in [-0.25, -0.2) is 0 Å². The maximum Gasteiger partial charge on any atom is 0.132 e. The van der Waals surface area contributed by atoms with Crippen molar-refractivity contribution in [2.45, 2.75) is 19.4 Å². The molecule has 1 heterocycles. The van der Waals surface area contributed by atoms with Gasteiger partial charge in [0.2, 0.25) is 0 Å². The molecule has 3 aromatic carbocycles. The fourth-order valence-corrected chi connectivity index (χ4v) is 3.31. The first kappa shape index (κ1) is 15.6. The quantitative estimate of drug-likeness (QED) is 0.705. The van der Waals surface area contributed by atoms with Gasteiger partial charge in [-0.1, -0.05) is 18.2 Å². The molecular weight excluding hydrogens is 312 g/mol. The summed E-state index contributed by atoms with van der Waals surface area (Å²) in [7, 11) is 1.68. The van der Waals surface area contributed by atoms with Crippen LogP contribution >= 0.6 is 0 Å². The molecule has 0 aromatic heterocycles. The second-order valence-electron chi connectivity index (χ2n) is 6.87. The van der Waals surface area contributed by atoms with Gasteiger partial charge in [0.1, 0.15) is 22.8 Å². The topological polar surface area (TPSA) is 38.7 Å². The molecule has 0 amide bonds. The molecule has 0 aliphatic carbocycles. The van der Waals surface area contributed by atoms with Crippen molar-refractivity contribution in [3.63, 3.8) is 0 Å². The minimum Gasteiger partial charge on any atom is -0.508 e. The highest BCUT2D eigenvalue weighted by atomic mass is 16.5. The van der Waals surface area contributed by atoms with Gasteiger partial charge < -0.3 is 14.6 Å². The molecule has 0 bridgehead atoms. The number of rotatable bonds is 2. The fraction of sp³-hybridized carbons (Fsp3) is 0.182. The molecule has 0 atom stereocenters. The number of hydrogen-bond donors (Lipinski definition) is 1. The van der Waals surface area contributed by atoms with Crippen LogP contribution in [0.15, 0.2) is 60.7 Å². The van der Waals surface area contributed by atoms with Crippen molar-refractivity contribution < 1.29 is 14.6 Å². The molecule has 126 valence electrons. The average molecular weight is 332 g/mol. The number of phenols is 1. The Hall–Kier alpha value is -2.94. The summed E-state index contributed by atoms with van der Waals surface area (Å²) in [4.78, 5) is 0. The Balaban J connectivity index is 1.88. The molecule has 1 aliphatic rings. The first-order chi connectivity index (χ1) is 11.9. The molecule has 0 saturated carbocycles. The standard InChI is InChI=1S/C22H20O3/c1-22(2)13-20(19-9-7-17(23)12-21(19)25-22)16-5-4-15-11-18(24-3)8-6-14(15)10-16/h4-13,23H,1-3H3. The maximum atomic E-state index is 9.79. The normalized spacial score (nSPS) is 15.2. The molecular formula is C22H20O3. The summed E-state index contributed by atoms with van der Waals surface area (Å²) in [5.41, 5.74) is 2.79. The van der Waals surface area contributed by atoms with Crippen molar-refractivity contribution in [1.29, 1.82) is 0 Å². The maximum absolute atomic E-state index is 9.79. The highest BCUT2D eigenvalue weighted by Crippen LogP contribution is 2.41. The molecule has 1 aliphatic heterocycles. The van der Waals surface area contributed by atoms with E-state index in [0.29, 0.717) is 5.75 Å². The number of ether oxygens (including phenoxy) is 2. The van der Waals surface area contributed by atoms with E-state index in [-0.39, 0.29) is 5.75 Å². The fourth-order valence-electron chi connectivity index (χ4n) is 3.31. The minimum absolute atomic E-state index is 0.210. The summed E-state index contributed by atoms with van der Waals surface area (Å²) in [6.45, 7) is 4.04. The molecule has 0 radical (unpaired) electrons. The largest absolute Gasteiger partial charge is 0.508 e. The summed E-state index contributed by atoms with van der Waals surface area (Å²) >= 11 is 0. The van der Waals surface area contributed by atoms with Crippen molar-refractivity contribution in [2.75, 3.05) is 7.11 Å². The van der Waals surface area contributed by atoms with E-state index in [2.05, 4.69) is 30.3 Å². The lowest BCUT2D eigenvalue weighted by Gasteiger charge is -2.31. The molecule has 1 N–H and O–H groups in total. The van der Waals surface area contributed by atoms with Crippen LogP contribution in [-0.4, -0.2) is 17.8 Å². The van der Waals surface area contributed by atoms with Gasteiger partial charge in [0, 0.05) is 11.6 Å². The highest BCUT2D eigenvalue weighted by molar-refractivity contribution is 5.92. The van der Waals surface area contributed by atoms with Crippen LogP contribution in [0.25, 0.3) is 16.3 Å². The van der Waals surface area contributed by atoms with Gasteiger partial charge in [-0.2, -0.15) is 0 Å². The van der Waals surface area contributed by atoms with Gasteiger partial charge in [0.25, 0.3) is 0 Å². The molecule has 25 heavy (non-hydrogen) atoms. The predicted molar refractivity (Wildman–Crippen MR) is 100 cm³/mol. The van der Waals surface area contributed by atoms with Crippen LogP contribution in [0.2, 0.25) is 0 Å².